The average molecular weight is 385 g/mol. The minimum atomic E-state index is -0.0218. The van der Waals surface area contributed by atoms with E-state index in [2.05, 4.69) is 0 Å². The van der Waals surface area contributed by atoms with E-state index >= 15 is 0 Å². The van der Waals surface area contributed by atoms with Crippen molar-refractivity contribution in [2.75, 3.05) is 26.8 Å². The molecule has 0 bridgehead atoms. The molecule has 6 nitrogen and oxygen atoms in total. The zero-order valence-corrected chi connectivity index (χ0v) is 16.3. The number of halogens is 1. The third-order valence-corrected chi connectivity index (χ3v) is 4.58. The number of amides is 1. The van der Waals surface area contributed by atoms with Crippen molar-refractivity contribution in [2.24, 2.45) is 5.73 Å². The van der Waals surface area contributed by atoms with Gasteiger partial charge in [0.25, 0.3) is 0 Å². The number of nitrogens with zero attached hydrogens (tertiary/aromatic N) is 1. The van der Waals surface area contributed by atoms with E-state index < -0.39 is 0 Å². The van der Waals surface area contributed by atoms with Gasteiger partial charge in [0, 0.05) is 31.1 Å². The van der Waals surface area contributed by atoms with Gasteiger partial charge in [-0.2, -0.15) is 0 Å². The molecular weight excluding hydrogens is 356 g/mol. The van der Waals surface area contributed by atoms with Gasteiger partial charge in [-0.3, -0.25) is 9.59 Å². The number of methoxy groups -OCH3 is 1. The first-order valence-electron chi connectivity index (χ1n) is 8.88. The number of likely N-dealkylation sites (tertiary alicyclic amines) is 1. The number of ether oxygens (including phenoxy) is 2. The Morgan fingerprint density at radius 2 is 2.04 bits per heavy atom. The molecule has 1 atom stereocenters. The van der Waals surface area contributed by atoms with Crippen LogP contribution in [0.1, 0.15) is 49.4 Å². The van der Waals surface area contributed by atoms with Crippen molar-refractivity contribution >= 4 is 24.1 Å². The Morgan fingerprint density at radius 1 is 1.27 bits per heavy atom. The van der Waals surface area contributed by atoms with Gasteiger partial charge in [-0.15, -0.1) is 12.4 Å². The van der Waals surface area contributed by atoms with Crippen molar-refractivity contribution in [2.45, 2.75) is 45.1 Å². The van der Waals surface area contributed by atoms with Gasteiger partial charge in [0.05, 0.1) is 13.7 Å². The number of rotatable bonds is 8. The normalized spacial score (nSPS) is 16.6. The van der Waals surface area contributed by atoms with E-state index in [-0.39, 0.29) is 30.1 Å². The Morgan fingerprint density at radius 3 is 2.69 bits per heavy atom. The Labute approximate surface area is 161 Å². The largest absolute Gasteiger partial charge is 0.493 e. The zero-order chi connectivity index (χ0) is 18.2. The minimum absolute atomic E-state index is 0. The summed E-state index contributed by atoms with van der Waals surface area (Å²) in [6, 6.07) is 5.29. The maximum Gasteiger partial charge on any atom is 0.222 e. The van der Waals surface area contributed by atoms with Gasteiger partial charge in [-0.05, 0) is 50.8 Å². The zero-order valence-electron chi connectivity index (χ0n) is 15.5. The smallest absolute Gasteiger partial charge is 0.222 e. The molecule has 0 saturated carbocycles. The number of benzene rings is 1. The van der Waals surface area contributed by atoms with Crippen LogP contribution in [-0.4, -0.2) is 49.4 Å². The fraction of sp³-hybridized carbons (Fsp3) is 0.579. The average Bonchev–Trinajstić information content (AvgIpc) is 2.64. The third kappa shape index (κ3) is 5.88. The predicted molar refractivity (Wildman–Crippen MR) is 103 cm³/mol. The third-order valence-electron chi connectivity index (χ3n) is 4.58. The molecule has 2 N–H and O–H groups in total. The molecule has 2 rings (SSSR count). The Kier molecular flexibility index (Phi) is 9.44. The molecule has 146 valence electrons. The maximum absolute atomic E-state index is 12.4. The second-order valence-corrected chi connectivity index (χ2v) is 6.35. The van der Waals surface area contributed by atoms with E-state index in [4.69, 9.17) is 15.2 Å². The fourth-order valence-corrected chi connectivity index (χ4v) is 3.13. The van der Waals surface area contributed by atoms with Crippen molar-refractivity contribution in [3.63, 3.8) is 0 Å². The van der Waals surface area contributed by atoms with E-state index in [1.807, 2.05) is 4.90 Å². The highest BCUT2D eigenvalue weighted by Crippen LogP contribution is 2.28. The number of hydrogen-bond donors (Lipinski definition) is 1. The Hall–Kier alpha value is -1.79. The van der Waals surface area contributed by atoms with Crippen LogP contribution in [0.15, 0.2) is 18.2 Å². The van der Waals surface area contributed by atoms with E-state index in [1.165, 1.54) is 6.92 Å². The van der Waals surface area contributed by atoms with Gasteiger partial charge in [0.2, 0.25) is 5.91 Å². The topological polar surface area (TPSA) is 81.9 Å². The molecule has 1 heterocycles. The molecule has 0 aliphatic carbocycles. The molecule has 0 spiro atoms. The monoisotopic (exact) mass is 384 g/mol. The lowest BCUT2D eigenvalue weighted by Crippen LogP contribution is -2.47. The van der Waals surface area contributed by atoms with Gasteiger partial charge in [-0.25, -0.2) is 0 Å². The second-order valence-electron chi connectivity index (χ2n) is 6.35. The van der Waals surface area contributed by atoms with Crippen LogP contribution < -0.4 is 15.2 Å². The molecule has 1 unspecified atom stereocenters. The van der Waals surface area contributed by atoms with Gasteiger partial charge in [-0.1, -0.05) is 0 Å². The lowest BCUT2D eigenvalue weighted by molar-refractivity contribution is -0.134. The highest BCUT2D eigenvalue weighted by Gasteiger charge is 2.24. The predicted octanol–water partition coefficient (Wildman–Crippen LogP) is 2.82. The van der Waals surface area contributed by atoms with Gasteiger partial charge >= 0.3 is 0 Å². The summed E-state index contributed by atoms with van der Waals surface area (Å²) in [5.41, 5.74) is 6.35. The van der Waals surface area contributed by atoms with Crippen LogP contribution >= 0.6 is 12.4 Å². The summed E-state index contributed by atoms with van der Waals surface area (Å²) >= 11 is 0. The van der Waals surface area contributed by atoms with Crippen LogP contribution in [-0.2, 0) is 4.79 Å². The Balaban J connectivity index is 0.00000338. The molecule has 1 aliphatic heterocycles. The minimum Gasteiger partial charge on any atom is -0.493 e. The van der Waals surface area contributed by atoms with Crippen LogP contribution in [0.2, 0.25) is 0 Å². The number of carbonyl (C=O) groups excluding carboxylic acids is 2. The quantitative estimate of drug-likeness (QED) is 0.550. The number of ketones is 1. The van der Waals surface area contributed by atoms with Gasteiger partial charge in [0.1, 0.15) is 0 Å². The molecule has 1 amide bonds. The van der Waals surface area contributed by atoms with E-state index in [9.17, 15) is 9.59 Å². The summed E-state index contributed by atoms with van der Waals surface area (Å²) in [7, 11) is 1.54. The SMILES string of the molecule is COc1cc(C(C)=O)ccc1OCCCC(=O)N1CCCCC1CN.Cl. The summed E-state index contributed by atoms with van der Waals surface area (Å²) in [4.78, 5) is 25.7. The molecule has 1 fully saturated rings. The fourth-order valence-electron chi connectivity index (χ4n) is 3.13. The molecular formula is C19H29ClN2O4. The van der Waals surface area contributed by atoms with Crippen molar-refractivity contribution in [1.29, 1.82) is 0 Å². The number of piperidine rings is 1. The molecule has 7 heteroatoms. The first kappa shape index (κ1) is 22.3. The summed E-state index contributed by atoms with van der Waals surface area (Å²) in [6.07, 6.45) is 4.27. The highest BCUT2D eigenvalue weighted by atomic mass is 35.5. The Bertz CT molecular complexity index is 609. The number of carbonyl (C=O) groups is 2. The van der Waals surface area contributed by atoms with Gasteiger partial charge < -0.3 is 20.1 Å². The van der Waals surface area contributed by atoms with Crippen LogP contribution in [0.3, 0.4) is 0 Å². The lowest BCUT2D eigenvalue weighted by atomic mass is 10.0. The van der Waals surface area contributed by atoms with Crippen LogP contribution in [0.4, 0.5) is 0 Å². The summed E-state index contributed by atoms with van der Waals surface area (Å²) in [6.45, 7) is 3.27. The van der Waals surface area contributed by atoms with Crippen molar-refractivity contribution in [1.82, 2.24) is 4.90 Å². The highest BCUT2D eigenvalue weighted by molar-refractivity contribution is 5.94. The molecule has 1 aromatic rings. The number of nitrogens with two attached hydrogens (primary N) is 1. The second kappa shape index (κ2) is 11.0. The molecule has 26 heavy (non-hydrogen) atoms. The summed E-state index contributed by atoms with van der Waals surface area (Å²) < 4.78 is 11.0. The van der Waals surface area contributed by atoms with Crippen LogP contribution in [0, 0.1) is 0 Å². The molecule has 1 aromatic carbocycles. The van der Waals surface area contributed by atoms with Crippen molar-refractivity contribution in [3.05, 3.63) is 23.8 Å². The van der Waals surface area contributed by atoms with Crippen LogP contribution in [0.25, 0.3) is 0 Å². The number of hydrogen-bond acceptors (Lipinski definition) is 5. The molecule has 1 saturated heterocycles. The van der Waals surface area contributed by atoms with Gasteiger partial charge in [0.15, 0.2) is 17.3 Å². The number of Topliss-reactive ketones (excluding diaryl/α,β-unsaturated/α-hetero) is 1. The molecule has 0 radical (unpaired) electrons. The first-order valence-corrected chi connectivity index (χ1v) is 8.88. The van der Waals surface area contributed by atoms with E-state index in [1.54, 1.807) is 25.3 Å². The lowest BCUT2D eigenvalue weighted by Gasteiger charge is -2.35. The van der Waals surface area contributed by atoms with Crippen LogP contribution in [0.5, 0.6) is 11.5 Å². The van der Waals surface area contributed by atoms with Crippen molar-refractivity contribution < 1.29 is 19.1 Å². The van der Waals surface area contributed by atoms with Crippen molar-refractivity contribution in [3.8, 4) is 11.5 Å². The summed E-state index contributed by atoms with van der Waals surface area (Å²) in [5, 5.41) is 0. The standard InChI is InChI=1S/C19H28N2O4.ClH/c1-14(22)15-8-9-17(18(12-15)24-2)25-11-5-7-19(23)21-10-4-3-6-16(21)13-20;/h8-9,12,16H,3-7,10-11,13,20H2,1-2H3;1H. The molecule has 0 aromatic heterocycles. The van der Waals surface area contributed by atoms with E-state index in [0.29, 0.717) is 43.1 Å². The molecule has 1 aliphatic rings. The maximum atomic E-state index is 12.4. The van der Waals surface area contributed by atoms with E-state index in [0.717, 1.165) is 25.8 Å². The summed E-state index contributed by atoms with van der Waals surface area (Å²) in [5.74, 6) is 1.24. The first-order chi connectivity index (χ1) is 12.1.